The average molecular weight is 154 g/mol. The van der Waals surface area contributed by atoms with Crippen molar-refractivity contribution < 1.29 is 0 Å². The molecule has 0 radical (unpaired) electrons. The molecule has 64 valence electrons. The Kier molecular flexibility index (Phi) is 1.90. The smallest absolute Gasteiger partial charge is 0.0483 e. The van der Waals surface area contributed by atoms with Gasteiger partial charge in [-0.1, -0.05) is 6.42 Å². The van der Waals surface area contributed by atoms with Crippen LogP contribution in [0, 0.1) is 0 Å². The minimum Gasteiger partial charge on any atom is -0.307 e. The molecule has 11 heavy (non-hydrogen) atoms. The molecule has 0 atom stereocenters. The van der Waals surface area contributed by atoms with Crippen LogP contribution in [0.5, 0.6) is 0 Å². The molecule has 1 aliphatic heterocycles. The molecule has 2 aliphatic rings. The fraction of sp³-hybridized carbons (Fsp3) is 1.00. The first kappa shape index (κ1) is 7.56. The second-order valence-electron chi connectivity index (χ2n) is 3.96. The van der Waals surface area contributed by atoms with Crippen LogP contribution in [0.2, 0.25) is 0 Å². The predicted octanol–water partition coefficient (Wildman–Crippen LogP) is 1.18. The van der Waals surface area contributed by atoms with E-state index < -0.39 is 0 Å². The summed E-state index contributed by atoms with van der Waals surface area (Å²) in [4.78, 5) is 2.64. The maximum atomic E-state index is 3.26. The summed E-state index contributed by atoms with van der Waals surface area (Å²) >= 11 is 0. The molecule has 0 bridgehead atoms. The summed E-state index contributed by atoms with van der Waals surface area (Å²) < 4.78 is 0. The van der Waals surface area contributed by atoms with E-state index in [1.165, 1.54) is 38.6 Å². The number of hydrogen-bond acceptors (Lipinski definition) is 2. The van der Waals surface area contributed by atoms with Crippen LogP contribution in [0.3, 0.4) is 0 Å². The number of rotatable bonds is 2. The van der Waals surface area contributed by atoms with Gasteiger partial charge in [-0.25, -0.2) is 0 Å². The number of hydrogen-bond donors (Lipinski definition) is 1. The lowest BCUT2D eigenvalue weighted by Gasteiger charge is -2.35. The van der Waals surface area contributed by atoms with Crippen molar-refractivity contribution in [3.8, 4) is 0 Å². The molecule has 0 aromatic heterocycles. The minimum atomic E-state index is 0.668. The third kappa shape index (κ3) is 1.30. The van der Waals surface area contributed by atoms with Gasteiger partial charge in [-0.05, 0) is 39.3 Å². The third-order valence-electron chi connectivity index (χ3n) is 3.17. The van der Waals surface area contributed by atoms with Gasteiger partial charge in [0.2, 0.25) is 0 Å². The summed E-state index contributed by atoms with van der Waals surface area (Å²) in [5.74, 6) is 0. The predicted molar refractivity (Wildman–Crippen MR) is 46.4 cm³/mol. The van der Waals surface area contributed by atoms with Gasteiger partial charge in [0.25, 0.3) is 0 Å². The summed E-state index contributed by atoms with van der Waals surface area (Å²) in [7, 11) is 2.05. The van der Waals surface area contributed by atoms with Crippen LogP contribution >= 0.6 is 0 Å². The van der Waals surface area contributed by atoms with E-state index in [0.717, 1.165) is 6.67 Å². The molecule has 1 aliphatic carbocycles. The van der Waals surface area contributed by atoms with Crippen LogP contribution in [0.4, 0.5) is 0 Å². The first-order valence-corrected chi connectivity index (χ1v) is 4.77. The highest BCUT2D eigenvalue weighted by Crippen LogP contribution is 2.47. The molecule has 2 nitrogen and oxygen atoms in total. The molecule has 2 heteroatoms. The number of nitrogens with zero attached hydrogens (tertiary/aromatic N) is 1. The molecular weight excluding hydrogens is 136 g/mol. The molecule has 1 heterocycles. The Morgan fingerprint density at radius 3 is 2.73 bits per heavy atom. The van der Waals surface area contributed by atoms with Gasteiger partial charge in [0.15, 0.2) is 0 Å². The Labute approximate surface area is 69.0 Å². The maximum absolute atomic E-state index is 3.26. The third-order valence-corrected chi connectivity index (χ3v) is 3.17. The van der Waals surface area contributed by atoms with E-state index >= 15 is 0 Å². The summed E-state index contributed by atoms with van der Waals surface area (Å²) in [5.41, 5.74) is 0.668. The first-order valence-electron chi connectivity index (χ1n) is 4.77. The van der Waals surface area contributed by atoms with Crippen molar-refractivity contribution in [1.29, 1.82) is 0 Å². The molecular formula is C9H18N2. The van der Waals surface area contributed by atoms with E-state index in [-0.39, 0.29) is 0 Å². The van der Waals surface area contributed by atoms with Crippen LogP contribution in [0.15, 0.2) is 0 Å². The topological polar surface area (TPSA) is 15.3 Å². The highest BCUT2D eigenvalue weighted by molar-refractivity contribution is 5.04. The second kappa shape index (κ2) is 2.76. The maximum Gasteiger partial charge on any atom is 0.0483 e. The lowest BCUT2D eigenvalue weighted by Crippen LogP contribution is -2.45. The number of piperidine rings is 1. The van der Waals surface area contributed by atoms with Gasteiger partial charge in [0.05, 0.1) is 0 Å². The summed E-state index contributed by atoms with van der Waals surface area (Å²) in [6.07, 6.45) is 7.22. The standard InChI is InChI=1S/C9H18N2/c1-10-8-11-7-3-2-4-9(11)5-6-9/h10H,2-8H2,1H3. The zero-order valence-electron chi connectivity index (χ0n) is 7.40. The quantitative estimate of drug-likeness (QED) is 0.642. The Morgan fingerprint density at radius 2 is 2.09 bits per heavy atom. The Balaban J connectivity index is 1.93. The van der Waals surface area contributed by atoms with Gasteiger partial charge in [-0.15, -0.1) is 0 Å². The SMILES string of the molecule is CNCN1CCCCC12CC2. The Bertz CT molecular complexity index is 138. The van der Waals surface area contributed by atoms with Gasteiger partial charge in [0.1, 0.15) is 0 Å². The molecule has 0 aromatic rings. The van der Waals surface area contributed by atoms with E-state index in [1.807, 2.05) is 7.05 Å². The van der Waals surface area contributed by atoms with Crippen molar-refractivity contribution in [3.05, 3.63) is 0 Å². The highest BCUT2D eigenvalue weighted by Gasteiger charge is 2.48. The van der Waals surface area contributed by atoms with Crippen LogP contribution in [-0.2, 0) is 0 Å². The molecule has 2 rings (SSSR count). The molecule has 1 spiro atoms. The van der Waals surface area contributed by atoms with Gasteiger partial charge >= 0.3 is 0 Å². The van der Waals surface area contributed by atoms with Crippen LogP contribution in [0.1, 0.15) is 32.1 Å². The highest BCUT2D eigenvalue weighted by atomic mass is 15.3. The van der Waals surface area contributed by atoms with Gasteiger partial charge in [0, 0.05) is 12.2 Å². The monoisotopic (exact) mass is 154 g/mol. The van der Waals surface area contributed by atoms with E-state index in [2.05, 4.69) is 10.2 Å². The fourth-order valence-electron chi connectivity index (χ4n) is 2.30. The van der Waals surface area contributed by atoms with Crippen molar-refractivity contribution >= 4 is 0 Å². The molecule has 1 saturated carbocycles. The zero-order valence-corrected chi connectivity index (χ0v) is 7.40. The lowest BCUT2D eigenvalue weighted by atomic mass is 10.0. The van der Waals surface area contributed by atoms with Crippen molar-refractivity contribution in [3.63, 3.8) is 0 Å². The van der Waals surface area contributed by atoms with E-state index in [4.69, 9.17) is 0 Å². The van der Waals surface area contributed by atoms with Crippen molar-refractivity contribution in [2.45, 2.75) is 37.6 Å². The lowest BCUT2D eigenvalue weighted by molar-refractivity contribution is 0.121. The van der Waals surface area contributed by atoms with Gasteiger partial charge < -0.3 is 5.32 Å². The largest absolute Gasteiger partial charge is 0.307 e. The number of likely N-dealkylation sites (tertiary alicyclic amines) is 1. The van der Waals surface area contributed by atoms with E-state index in [0.29, 0.717) is 5.54 Å². The van der Waals surface area contributed by atoms with Gasteiger partial charge in [-0.3, -0.25) is 4.90 Å². The number of nitrogens with one attached hydrogen (secondary N) is 1. The summed E-state index contributed by atoms with van der Waals surface area (Å²) in [6.45, 7) is 2.42. The van der Waals surface area contributed by atoms with E-state index in [9.17, 15) is 0 Å². The van der Waals surface area contributed by atoms with Crippen molar-refractivity contribution in [2.75, 3.05) is 20.3 Å². The van der Waals surface area contributed by atoms with Crippen molar-refractivity contribution in [2.24, 2.45) is 0 Å². The first-order chi connectivity index (χ1) is 5.37. The molecule has 1 N–H and O–H groups in total. The Morgan fingerprint density at radius 1 is 1.27 bits per heavy atom. The molecule has 2 fully saturated rings. The van der Waals surface area contributed by atoms with E-state index in [1.54, 1.807) is 0 Å². The van der Waals surface area contributed by atoms with Crippen LogP contribution < -0.4 is 5.32 Å². The van der Waals surface area contributed by atoms with Crippen LogP contribution in [0.25, 0.3) is 0 Å². The Hall–Kier alpha value is -0.0800. The molecule has 1 saturated heterocycles. The second-order valence-corrected chi connectivity index (χ2v) is 3.96. The minimum absolute atomic E-state index is 0.668. The average Bonchev–Trinajstić information content (AvgIpc) is 2.77. The van der Waals surface area contributed by atoms with Crippen LogP contribution in [-0.4, -0.2) is 30.7 Å². The van der Waals surface area contributed by atoms with Crippen molar-refractivity contribution in [1.82, 2.24) is 10.2 Å². The summed E-state index contributed by atoms with van der Waals surface area (Å²) in [5, 5.41) is 3.26. The molecule has 0 unspecified atom stereocenters. The molecule has 0 amide bonds. The fourth-order valence-corrected chi connectivity index (χ4v) is 2.30. The normalized spacial score (nSPS) is 29.2. The zero-order chi connectivity index (χ0) is 7.73. The molecule has 0 aromatic carbocycles. The summed E-state index contributed by atoms with van der Waals surface area (Å²) in [6, 6.07) is 0. The van der Waals surface area contributed by atoms with Gasteiger partial charge in [-0.2, -0.15) is 0 Å².